The van der Waals surface area contributed by atoms with E-state index in [4.69, 9.17) is 14.6 Å². The van der Waals surface area contributed by atoms with Gasteiger partial charge in [-0.15, -0.1) is 0 Å². The number of halogens is 3. The molecule has 0 aliphatic heterocycles. The van der Waals surface area contributed by atoms with Crippen LogP contribution >= 0.6 is 0 Å². The average Bonchev–Trinajstić information content (AvgIpc) is 2.42. The fraction of sp³-hybridized carbons (Fsp3) is 0.462. The lowest BCUT2D eigenvalue weighted by Gasteiger charge is -2.28. The largest absolute Gasteiger partial charge is 0.497 e. The van der Waals surface area contributed by atoms with Crippen molar-refractivity contribution in [3.63, 3.8) is 0 Å². The summed E-state index contributed by atoms with van der Waals surface area (Å²) in [5, 5.41) is 10.7. The number of ether oxygens (including phenoxy) is 2. The van der Waals surface area contributed by atoms with Gasteiger partial charge in [0.05, 0.1) is 7.11 Å². The molecular formula is C13H16F3NO4. The summed E-state index contributed by atoms with van der Waals surface area (Å²) < 4.78 is 48.2. The molecule has 1 unspecified atom stereocenters. The van der Waals surface area contributed by atoms with E-state index in [1.807, 2.05) is 5.32 Å². The molecule has 1 aromatic rings. The van der Waals surface area contributed by atoms with Crippen molar-refractivity contribution in [2.75, 3.05) is 20.3 Å². The van der Waals surface area contributed by atoms with Gasteiger partial charge >= 0.3 is 12.1 Å². The number of aliphatic carboxylic acids is 1. The molecule has 0 aliphatic carbocycles. The van der Waals surface area contributed by atoms with E-state index in [-0.39, 0.29) is 13.2 Å². The number of benzene rings is 1. The van der Waals surface area contributed by atoms with Crippen molar-refractivity contribution < 1.29 is 32.5 Å². The zero-order chi connectivity index (χ0) is 16.1. The Bertz CT molecular complexity index is 475. The smallest absolute Gasteiger partial charge is 0.417 e. The number of hydrogen-bond acceptors (Lipinski definition) is 4. The fourth-order valence-corrected chi connectivity index (χ4v) is 1.44. The van der Waals surface area contributed by atoms with Crippen molar-refractivity contribution in [2.24, 2.45) is 0 Å². The van der Waals surface area contributed by atoms with Crippen LogP contribution in [0.1, 0.15) is 6.92 Å². The molecule has 1 atom stereocenters. The lowest BCUT2D eigenvalue weighted by Crippen LogP contribution is -2.60. The van der Waals surface area contributed by atoms with Gasteiger partial charge in [-0.1, -0.05) is 0 Å². The first-order valence-corrected chi connectivity index (χ1v) is 6.02. The Hall–Kier alpha value is -1.96. The Labute approximate surface area is 119 Å². The van der Waals surface area contributed by atoms with Crippen LogP contribution in [0.25, 0.3) is 0 Å². The van der Waals surface area contributed by atoms with Gasteiger partial charge in [0.2, 0.25) is 5.54 Å². The van der Waals surface area contributed by atoms with Crippen LogP contribution in [0.15, 0.2) is 24.3 Å². The molecule has 0 spiro atoms. The van der Waals surface area contributed by atoms with Gasteiger partial charge in [-0.25, -0.2) is 4.79 Å². The molecule has 2 N–H and O–H groups in total. The lowest BCUT2D eigenvalue weighted by atomic mass is 10.0. The summed E-state index contributed by atoms with van der Waals surface area (Å²) in [4.78, 5) is 10.8. The first-order valence-electron chi connectivity index (χ1n) is 6.02. The molecule has 8 heteroatoms. The van der Waals surface area contributed by atoms with Crippen LogP contribution in [0.2, 0.25) is 0 Å². The zero-order valence-electron chi connectivity index (χ0n) is 11.5. The third kappa shape index (κ3) is 4.25. The molecule has 0 heterocycles. The van der Waals surface area contributed by atoms with E-state index >= 15 is 0 Å². The second-order valence-electron chi connectivity index (χ2n) is 4.38. The summed E-state index contributed by atoms with van der Waals surface area (Å²) in [5.74, 6) is -0.919. The standard InChI is InChI=1S/C13H16F3NO4/c1-12(11(18)19,13(14,15)16)17-7-8-21-10-5-3-9(20-2)4-6-10/h3-6,17H,7-8H2,1-2H3,(H,18,19). The van der Waals surface area contributed by atoms with Gasteiger partial charge in [-0.05, 0) is 31.2 Å². The lowest BCUT2D eigenvalue weighted by molar-refractivity contribution is -0.206. The zero-order valence-corrected chi connectivity index (χ0v) is 11.5. The van der Waals surface area contributed by atoms with E-state index in [9.17, 15) is 18.0 Å². The molecule has 1 rings (SSSR count). The number of methoxy groups -OCH3 is 1. The third-order valence-electron chi connectivity index (χ3n) is 2.90. The Balaban J connectivity index is 2.50. The SMILES string of the molecule is COc1ccc(OCCNC(C)(C(=O)O)C(F)(F)F)cc1. The minimum Gasteiger partial charge on any atom is -0.497 e. The van der Waals surface area contributed by atoms with Crippen LogP contribution in [-0.2, 0) is 4.79 Å². The minimum atomic E-state index is -4.90. The van der Waals surface area contributed by atoms with Crippen LogP contribution in [0.3, 0.4) is 0 Å². The van der Waals surface area contributed by atoms with E-state index in [0.717, 1.165) is 0 Å². The average molecular weight is 307 g/mol. The molecule has 1 aromatic carbocycles. The van der Waals surface area contributed by atoms with E-state index in [1.54, 1.807) is 24.3 Å². The normalized spacial score (nSPS) is 14.3. The predicted molar refractivity (Wildman–Crippen MR) is 68.6 cm³/mol. The van der Waals surface area contributed by atoms with Crippen molar-refractivity contribution in [1.82, 2.24) is 5.32 Å². The second-order valence-corrected chi connectivity index (χ2v) is 4.38. The molecule has 0 bridgehead atoms. The monoisotopic (exact) mass is 307 g/mol. The topological polar surface area (TPSA) is 67.8 Å². The van der Waals surface area contributed by atoms with Crippen molar-refractivity contribution in [3.8, 4) is 11.5 Å². The Morgan fingerprint density at radius 3 is 2.19 bits per heavy atom. The molecule has 0 amide bonds. The Morgan fingerprint density at radius 2 is 1.76 bits per heavy atom. The van der Waals surface area contributed by atoms with Gasteiger partial charge in [-0.2, -0.15) is 13.2 Å². The maximum Gasteiger partial charge on any atom is 0.417 e. The highest BCUT2D eigenvalue weighted by Gasteiger charge is 2.57. The maximum atomic E-state index is 12.7. The third-order valence-corrected chi connectivity index (χ3v) is 2.90. The summed E-state index contributed by atoms with van der Waals surface area (Å²) in [7, 11) is 1.50. The Kier molecular flexibility index (Phi) is 5.42. The summed E-state index contributed by atoms with van der Waals surface area (Å²) in [6.45, 7) is 0.197. The second kappa shape index (κ2) is 6.66. The molecule has 118 valence electrons. The molecule has 0 fully saturated rings. The van der Waals surface area contributed by atoms with Crippen LogP contribution in [0, 0.1) is 0 Å². The van der Waals surface area contributed by atoms with Crippen molar-refractivity contribution in [3.05, 3.63) is 24.3 Å². The van der Waals surface area contributed by atoms with Gasteiger partial charge < -0.3 is 14.6 Å². The molecule has 5 nitrogen and oxygen atoms in total. The maximum absolute atomic E-state index is 12.7. The van der Waals surface area contributed by atoms with Gasteiger partial charge in [0, 0.05) is 6.54 Å². The minimum absolute atomic E-state index is 0.106. The summed E-state index contributed by atoms with van der Waals surface area (Å²) >= 11 is 0. The van der Waals surface area contributed by atoms with E-state index < -0.39 is 17.7 Å². The Morgan fingerprint density at radius 1 is 1.24 bits per heavy atom. The first kappa shape index (κ1) is 17.1. The van der Waals surface area contributed by atoms with Gasteiger partial charge in [0.25, 0.3) is 0 Å². The molecule has 0 saturated heterocycles. The number of nitrogens with one attached hydrogen (secondary N) is 1. The molecule has 0 radical (unpaired) electrons. The molecule has 0 aliphatic rings. The number of carboxylic acids is 1. The number of carboxylic acid groups (broad SMARTS) is 1. The van der Waals surface area contributed by atoms with Crippen LogP contribution in [-0.4, -0.2) is 43.1 Å². The fourth-order valence-electron chi connectivity index (χ4n) is 1.44. The molecule has 0 aromatic heterocycles. The summed E-state index contributed by atoms with van der Waals surface area (Å²) in [5.41, 5.74) is -3.00. The van der Waals surface area contributed by atoms with Crippen molar-refractivity contribution >= 4 is 5.97 Å². The van der Waals surface area contributed by atoms with Gasteiger partial charge in [0.1, 0.15) is 18.1 Å². The summed E-state index contributed by atoms with van der Waals surface area (Å²) in [6.07, 6.45) is -4.90. The molecular weight excluding hydrogens is 291 g/mol. The highest BCUT2D eigenvalue weighted by atomic mass is 19.4. The highest BCUT2D eigenvalue weighted by Crippen LogP contribution is 2.30. The van der Waals surface area contributed by atoms with Gasteiger partial charge in [-0.3, -0.25) is 5.32 Å². The van der Waals surface area contributed by atoms with Gasteiger partial charge in [0.15, 0.2) is 0 Å². The highest BCUT2D eigenvalue weighted by molar-refractivity contribution is 5.79. The first-order chi connectivity index (χ1) is 9.70. The van der Waals surface area contributed by atoms with Crippen LogP contribution < -0.4 is 14.8 Å². The molecule has 21 heavy (non-hydrogen) atoms. The number of alkyl halides is 3. The number of carbonyl (C=O) groups is 1. The van der Waals surface area contributed by atoms with E-state index in [0.29, 0.717) is 18.4 Å². The number of rotatable bonds is 7. The van der Waals surface area contributed by atoms with Crippen molar-refractivity contribution in [1.29, 1.82) is 0 Å². The van der Waals surface area contributed by atoms with E-state index in [2.05, 4.69) is 0 Å². The van der Waals surface area contributed by atoms with Crippen LogP contribution in [0.4, 0.5) is 13.2 Å². The van der Waals surface area contributed by atoms with Crippen molar-refractivity contribution in [2.45, 2.75) is 18.6 Å². The van der Waals surface area contributed by atoms with Crippen LogP contribution in [0.5, 0.6) is 11.5 Å². The predicted octanol–water partition coefficient (Wildman–Crippen LogP) is 2.07. The molecule has 0 saturated carbocycles. The quantitative estimate of drug-likeness (QED) is 0.755. The van der Waals surface area contributed by atoms with E-state index in [1.165, 1.54) is 7.11 Å². The number of hydrogen-bond donors (Lipinski definition) is 2. The summed E-state index contributed by atoms with van der Waals surface area (Å²) in [6, 6.07) is 6.47.